The first kappa shape index (κ1) is 36.5. The van der Waals surface area contributed by atoms with Gasteiger partial charge in [0.05, 0.1) is 22.1 Å². The number of para-hydroxylation sites is 2. The predicted octanol–water partition coefficient (Wildman–Crippen LogP) is 14.0. The minimum Gasteiger partial charge on any atom is -0.456 e. The zero-order chi connectivity index (χ0) is 41.6. The first-order valence-corrected chi connectivity index (χ1v) is 22.4. The molecule has 10 aromatic rings. The van der Waals surface area contributed by atoms with Crippen LogP contribution in [0.1, 0.15) is 101 Å². The van der Waals surface area contributed by atoms with E-state index < -0.39 is 0 Å². The van der Waals surface area contributed by atoms with Crippen LogP contribution in [-0.2, 0) is 5.41 Å². The molecule has 8 aromatic carbocycles. The van der Waals surface area contributed by atoms with Crippen LogP contribution < -0.4 is 16.4 Å². The molecular formula is C58H50BNO. The Labute approximate surface area is 358 Å². The third-order valence-corrected chi connectivity index (χ3v) is 14.6. The van der Waals surface area contributed by atoms with Crippen molar-refractivity contribution in [3.63, 3.8) is 0 Å². The Morgan fingerprint density at radius 2 is 1.15 bits per heavy atom. The molecular weight excluding hydrogens is 737 g/mol. The van der Waals surface area contributed by atoms with Crippen molar-refractivity contribution in [2.45, 2.75) is 78.6 Å². The predicted molar refractivity (Wildman–Crippen MR) is 262 cm³/mol. The third kappa shape index (κ3) is 4.92. The zero-order valence-electron chi connectivity index (χ0n) is 36.4. The molecule has 0 bridgehead atoms. The molecule has 296 valence electrons. The number of aromatic nitrogens is 1. The lowest BCUT2D eigenvalue weighted by molar-refractivity contribution is 0.661. The number of nitrogens with zero attached hydrogens (tertiary/aromatic N) is 1. The van der Waals surface area contributed by atoms with E-state index >= 15 is 0 Å². The summed E-state index contributed by atoms with van der Waals surface area (Å²) in [6.07, 6.45) is 0. The number of fused-ring (bicyclic) bond motifs is 15. The van der Waals surface area contributed by atoms with Crippen molar-refractivity contribution in [1.29, 1.82) is 0 Å². The number of furan rings is 1. The van der Waals surface area contributed by atoms with Gasteiger partial charge in [-0.25, -0.2) is 0 Å². The van der Waals surface area contributed by atoms with Gasteiger partial charge < -0.3 is 8.98 Å². The summed E-state index contributed by atoms with van der Waals surface area (Å²) in [6, 6.07) is 53.2. The Morgan fingerprint density at radius 1 is 0.492 bits per heavy atom. The highest BCUT2D eigenvalue weighted by atomic mass is 16.3. The molecule has 0 saturated heterocycles. The first-order valence-electron chi connectivity index (χ1n) is 22.4. The Kier molecular flexibility index (Phi) is 7.70. The molecule has 2 aromatic heterocycles. The van der Waals surface area contributed by atoms with Crippen LogP contribution >= 0.6 is 0 Å². The largest absolute Gasteiger partial charge is 0.456 e. The molecule has 1 aliphatic heterocycles. The van der Waals surface area contributed by atoms with Crippen molar-refractivity contribution in [2.24, 2.45) is 0 Å². The monoisotopic (exact) mass is 787 g/mol. The molecule has 1 aliphatic carbocycles. The average Bonchev–Trinajstić information content (AvgIpc) is 3.97. The number of benzene rings is 8. The minimum atomic E-state index is -0.113. The number of rotatable bonds is 5. The number of hydrogen-bond donors (Lipinski definition) is 0. The Bertz CT molecular complexity index is 3470. The fourth-order valence-electron chi connectivity index (χ4n) is 11.6. The van der Waals surface area contributed by atoms with Gasteiger partial charge in [-0.05, 0) is 110 Å². The summed E-state index contributed by atoms with van der Waals surface area (Å²) < 4.78 is 9.14. The maximum atomic E-state index is 6.58. The fourth-order valence-corrected chi connectivity index (χ4v) is 11.6. The van der Waals surface area contributed by atoms with Crippen LogP contribution in [0.5, 0.6) is 0 Å². The maximum Gasteiger partial charge on any atom is 0.244 e. The van der Waals surface area contributed by atoms with Gasteiger partial charge in [0.1, 0.15) is 11.2 Å². The highest BCUT2D eigenvalue weighted by Gasteiger charge is 2.43. The summed E-state index contributed by atoms with van der Waals surface area (Å²) >= 11 is 0. The molecule has 0 unspecified atom stereocenters. The van der Waals surface area contributed by atoms with Gasteiger partial charge in [0.15, 0.2) is 0 Å². The molecule has 2 nitrogen and oxygen atoms in total. The highest BCUT2D eigenvalue weighted by molar-refractivity contribution is 7.01. The van der Waals surface area contributed by atoms with E-state index in [0.717, 1.165) is 21.9 Å². The van der Waals surface area contributed by atoms with Crippen LogP contribution in [0.25, 0.3) is 82.5 Å². The maximum absolute atomic E-state index is 6.58. The summed E-state index contributed by atoms with van der Waals surface area (Å²) in [5.74, 6) is 1.18. The lowest BCUT2D eigenvalue weighted by Crippen LogP contribution is -2.52. The van der Waals surface area contributed by atoms with Crippen LogP contribution in [0.3, 0.4) is 0 Å². The van der Waals surface area contributed by atoms with Crippen molar-refractivity contribution >= 4 is 77.6 Å². The van der Waals surface area contributed by atoms with E-state index in [1.165, 1.54) is 105 Å². The van der Waals surface area contributed by atoms with Gasteiger partial charge in [0, 0.05) is 27.0 Å². The third-order valence-electron chi connectivity index (χ3n) is 14.6. The van der Waals surface area contributed by atoms with Gasteiger partial charge >= 0.3 is 0 Å². The Hall–Kier alpha value is -6.32. The lowest BCUT2D eigenvalue weighted by atomic mass is 9.36. The molecule has 0 saturated carbocycles. The highest BCUT2D eigenvalue weighted by Crippen LogP contribution is 2.51. The summed E-state index contributed by atoms with van der Waals surface area (Å²) in [5, 5.41) is 7.38. The molecule has 0 N–H and O–H groups in total. The Balaban J connectivity index is 1.26. The molecule has 0 atom stereocenters. The summed E-state index contributed by atoms with van der Waals surface area (Å²) in [7, 11) is 0. The van der Waals surface area contributed by atoms with Gasteiger partial charge in [-0.1, -0.05) is 175 Å². The molecule has 3 heteroatoms. The molecule has 0 fully saturated rings. The topological polar surface area (TPSA) is 18.1 Å². The van der Waals surface area contributed by atoms with Gasteiger partial charge in [-0.3, -0.25) is 0 Å². The van der Waals surface area contributed by atoms with Crippen LogP contribution in [0.4, 0.5) is 0 Å². The van der Waals surface area contributed by atoms with Gasteiger partial charge in [0.2, 0.25) is 6.71 Å². The van der Waals surface area contributed by atoms with Crippen LogP contribution in [0.15, 0.2) is 144 Å². The molecule has 61 heavy (non-hydrogen) atoms. The average molecular weight is 788 g/mol. The van der Waals surface area contributed by atoms with E-state index in [0.29, 0.717) is 17.8 Å². The molecule has 3 heterocycles. The van der Waals surface area contributed by atoms with E-state index in [1.54, 1.807) is 0 Å². The fraction of sp³-hybridized carbons (Fsp3) is 0.207. The zero-order valence-corrected chi connectivity index (χ0v) is 36.4. The first-order chi connectivity index (χ1) is 29.5. The Morgan fingerprint density at radius 3 is 1.89 bits per heavy atom. The van der Waals surface area contributed by atoms with E-state index in [4.69, 9.17) is 4.42 Å². The molecule has 2 aliphatic rings. The van der Waals surface area contributed by atoms with E-state index in [9.17, 15) is 0 Å². The van der Waals surface area contributed by atoms with E-state index in [2.05, 4.69) is 199 Å². The molecule has 0 amide bonds. The van der Waals surface area contributed by atoms with Gasteiger partial charge in [-0.15, -0.1) is 0 Å². The summed E-state index contributed by atoms with van der Waals surface area (Å²) in [6.45, 7) is 19.2. The van der Waals surface area contributed by atoms with Crippen LogP contribution in [-0.4, -0.2) is 11.3 Å². The van der Waals surface area contributed by atoms with E-state index in [-0.39, 0.29) is 12.1 Å². The van der Waals surface area contributed by atoms with Crippen molar-refractivity contribution in [1.82, 2.24) is 4.57 Å². The van der Waals surface area contributed by atoms with Crippen molar-refractivity contribution < 1.29 is 4.42 Å². The minimum absolute atomic E-state index is 0.0763. The van der Waals surface area contributed by atoms with Crippen LogP contribution in [0.2, 0.25) is 0 Å². The smallest absolute Gasteiger partial charge is 0.244 e. The second-order valence-corrected chi connectivity index (χ2v) is 19.4. The second-order valence-electron chi connectivity index (χ2n) is 19.4. The van der Waals surface area contributed by atoms with Crippen LogP contribution in [0, 0.1) is 0 Å². The van der Waals surface area contributed by atoms with Crippen molar-refractivity contribution in [2.75, 3.05) is 0 Å². The summed E-state index contributed by atoms with van der Waals surface area (Å²) in [4.78, 5) is 0. The van der Waals surface area contributed by atoms with E-state index in [1.807, 2.05) is 0 Å². The van der Waals surface area contributed by atoms with Crippen molar-refractivity contribution in [3.8, 4) is 27.9 Å². The van der Waals surface area contributed by atoms with Crippen molar-refractivity contribution in [3.05, 3.63) is 167 Å². The van der Waals surface area contributed by atoms with Gasteiger partial charge in [0.25, 0.3) is 0 Å². The summed E-state index contributed by atoms with van der Waals surface area (Å²) in [5.41, 5.74) is 22.4. The standard InChI is InChI=1S/C58H50BNO/c1-32(2)35-27-42(33(3)4)56(43(28-35)34(5)6)59-49-31-48-44(36-17-11-14-22-47(36)58(48,7)8)29-45(49)46-30-51(37-18-9-10-20-39(37)55(46)59)60-50-23-15-12-19-38(50)40-25-26-53-54(57(40)60)41-21-13-16-24-52(41)61-53/h9-34H,1-8H3. The second kappa shape index (κ2) is 12.9. The number of hydrogen-bond acceptors (Lipinski definition) is 1. The lowest BCUT2D eigenvalue weighted by Gasteiger charge is -2.28. The normalized spacial score (nSPS) is 14.1. The van der Waals surface area contributed by atoms with Gasteiger partial charge in [-0.2, -0.15) is 0 Å². The SMILES string of the molecule is CC(C)c1cc(C(C)C)c(B2c3cc4c(cc3-c3cc(-n5c6ccccc6c6ccc7oc8ccccc8c7c65)c5ccccc5c32)-c2ccccc2C4(C)C)c(C(C)C)c1. The molecule has 12 rings (SSSR count). The molecule has 0 spiro atoms. The quantitative estimate of drug-likeness (QED) is 0.159. The molecule has 0 radical (unpaired) electrons.